The zero-order valence-electron chi connectivity index (χ0n) is 15.9. The maximum atomic E-state index is 13.1. The van der Waals surface area contributed by atoms with Gasteiger partial charge in [-0.25, -0.2) is 0 Å². The minimum atomic E-state index is -0.335. The highest BCUT2D eigenvalue weighted by Gasteiger charge is 2.44. The fraction of sp³-hybridized carbons (Fsp3) is 0.619. The number of hydrogen-bond acceptors (Lipinski definition) is 3. The number of halogens is 1. The molecule has 3 unspecified atom stereocenters. The van der Waals surface area contributed by atoms with Crippen molar-refractivity contribution in [1.82, 2.24) is 4.90 Å². The van der Waals surface area contributed by atoms with Crippen molar-refractivity contribution in [3.63, 3.8) is 0 Å². The molecule has 148 valence electrons. The van der Waals surface area contributed by atoms with Crippen LogP contribution in [0.25, 0.3) is 0 Å². The number of benzene rings is 1. The second-order valence-electron chi connectivity index (χ2n) is 8.28. The van der Waals surface area contributed by atoms with Crippen LogP contribution in [0.3, 0.4) is 0 Å². The largest absolute Gasteiger partial charge is 0.333 e. The van der Waals surface area contributed by atoms with Crippen LogP contribution in [0.15, 0.2) is 30.3 Å². The van der Waals surface area contributed by atoms with Gasteiger partial charge in [-0.05, 0) is 56.1 Å². The quantitative estimate of drug-likeness (QED) is 0.861. The number of para-hydroxylation sites is 1. The number of amides is 2. The lowest BCUT2D eigenvalue weighted by molar-refractivity contribution is -0.142. The van der Waals surface area contributed by atoms with Crippen molar-refractivity contribution < 1.29 is 9.59 Å². The van der Waals surface area contributed by atoms with Crippen LogP contribution in [0.2, 0.25) is 0 Å². The molecule has 2 aliphatic carbocycles. The van der Waals surface area contributed by atoms with Crippen molar-refractivity contribution in [2.24, 2.45) is 23.5 Å². The van der Waals surface area contributed by atoms with Gasteiger partial charge in [-0.2, -0.15) is 0 Å². The van der Waals surface area contributed by atoms with Crippen LogP contribution >= 0.6 is 12.4 Å². The first-order chi connectivity index (χ1) is 12.6. The molecule has 2 bridgehead atoms. The predicted octanol–water partition coefficient (Wildman–Crippen LogP) is 2.83. The Kier molecular flexibility index (Phi) is 6.11. The molecule has 0 aromatic heterocycles. The lowest BCUT2D eigenvalue weighted by Gasteiger charge is -2.44. The van der Waals surface area contributed by atoms with Gasteiger partial charge in [-0.3, -0.25) is 9.59 Å². The molecule has 3 aliphatic rings. The standard InChI is InChI=1S/C21H29N3O2.ClH/c1-23(18-10-11-24(21(18)26)17-8-3-2-4-9-17)20(25)16-12-14-6-5-7-15(13-16)19(14)22;/h2-4,8-9,14-16,18-19H,5-7,10-13,22H2,1H3;1H. The van der Waals surface area contributed by atoms with E-state index >= 15 is 0 Å². The summed E-state index contributed by atoms with van der Waals surface area (Å²) in [6, 6.07) is 9.65. The number of anilines is 1. The van der Waals surface area contributed by atoms with E-state index in [1.54, 1.807) is 9.80 Å². The molecule has 2 amide bonds. The summed E-state index contributed by atoms with van der Waals surface area (Å²) in [5.74, 6) is 1.17. The Morgan fingerprint density at radius 3 is 2.37 bits per heavy atom. The van der Waals surface area contributed by atoms with E-state index < -0.39 is 0 Å². The average Bonchev–Trinajstić information content (AvgIpc) is 3.02. The van der Waals surface area contributed by atoms with Crippen LogP contribution in [-0.2, 0) is 9.59 Å². The maximum Gasteiger partial charge on any atom is 0.249 e. The fourth-order valence-corrected chi connectivity index (χ4v) is 5.32. The van der Waals surface area contributed by atoms with E-state index in [2.05, 4.69) is 0 Å². The molecule has 4 rings (SSSR count). The van der Waals surface area contributed by atoms with E-state index in [9.17, 15) is 9.59 Å². The van der Waals surface area contributed by atoms with Crippen molar-refractivity contribution in [1.29, 1.82) is 0 Å². The third-order valence-electron chi connectivity index (χ3n) is 6.82. The zero-order valence-corrected chi connectivity index (χ0v) is 16.7. The maximum absolute atomic E-state index is 13.1. The minimum Gasteiger partial charge on any atom is -0.333 e. The molecule has 0 radical (unpaired) electrons. The summed E-state index contributed by atoms with van der Waals surface area (Å²) in [7, 11) is 1.81. The number of rotatable bonds is 3. The van der Waals surface area contributed by atoms with Crippen molar-refractivity contribution in [2.75, 3.05) is 18.5 Å². The number of nitrogens with zero attached hydrogens (tertiary/aromatic N) is 2. The van der Waals surface area contributed by atoms with Crippen molar-refractivity contribution in [3.8, 4) is 0 Å². The van der Waals surface area contributed by atoms with Crippen LogP contribution in [0.1, 0.15) is 38.5 Å². The number of fused-ring (bicyclic) bond motifs is 2. The van der Waals surface area contributed by atoms with E-state index in [0.29, 0.717) is 24.8 Å². The number of hydrogen-bond donors (Lipinski definition) is 1. The molecule has 27 heavy (non-hydrogen) atoms. The van der Waals surface area contributed by atoms with E-state index in [4.69, 9.17) is 5.73 Å². The molecular formula is C21H30ClN3O2. The number of nitrogens with two attached hydrogens (primary N) is 1. The first-order valence-corrected chi connectivity index (χ1v) is 9.95. The topological polar surface area (TPSA) is 66.6 Å². The summed E-state index contributed by atoms with van der Waals surface area (Å²) in [6.07, 6.45) is 6.03. The number of carbonyl (C=O) groups is 2. The molecule has 3 atom stereocenters. The Morgan fingerprint density at radius 1 is 1.11 bits per heavy atom. The van der Waals surface area contributed by atoms with Crippen molar-refractivity contribution in [2.45, 2.75) is 50.6 Å². The molecule has 1 heterocycles. The van der Waals surface area contributed by atoms with Gasteiger partial charge in [0.15, 0.2) is 0 Å². The molecule has 0 spiro atoms. The second kappa shape index (κ2) is 8.19. The molecular weight excluding hydrogens is 362 g/mol. The second-order valence-corrected chi connectivity index (χ2v) is 8.28. The fourth-order valence-electron chi connectivity index (χ4n) is 5.32. The smallest absolute Gasteiger partial charge is 0.249 e. The molecule has 1 aromatic rings. The molecule has 6 heteroatoms. The highest BCUT2D eigenvalue weighted by atomic mass is 35.5. The van der Waals surface area contributed by atoms with Gasteiger partial charge in [0.05, 0.1) is 0 Å². The van der Waals surface area contributed by atoms with Gasteiger partial charge in [0.2, 0.25) is 11.8 Å². The van der Waals surface area contributed by atoms with E-state index in [1.165, 1.54) is 6.42 Å². The highest BCUT2D eigenvalue weighted by Crippen LogP contribution is 2.42. The van der Waals surface area contributed by atoms with E-state index in [-0.39, 0.29) is 42.2 Å². The van der Waals surface area contributed by atoms with Gasteiger partial charge < -0.3 is 15.5 Å². The lowest BCUT2D eigenvalue weighted by atomic mass is 9.65. The Morgan fingerprint density at radius 2 is 1.74 bits per heavy atom. The molecule has 2 N–H and O–H groups in total. The van der Waals surface area contributed by atoms with Crippen LogP contribution in [0.5, 0.6) is 0 Å². The summed E-state index contributed by atoms with van der Waals surface area (Å²) >= 11 is 0. The van der Waals surface area contributed by atoms with Gasteiger partial charge >= 0.3 is 0 Å². The normalized spacial score (nSPS) is 32.7. The highest BCUT2D eigenvalue weighted by molar-refractivity contribution is 6.01. The minimum absolute atomic E-state index is 0. The summed E-state index contributed by atoms with van der Waals surface area (Å²) < 4.78 is 0. The number of carbonyl (C=O) groups excluding carboxylic acids is 2. The van der Waals surface area contributed by atoms with Crippen LogP contribution < -0.4 is 10.6 Å². The molecule has 1 aliphatic heterocycles. The summed E-state index contributed by atoms with van der Waals surface area (Å²) in [6.45, 7) is 0.673. The van der Waals surface area contributed by atoms with Gasteiger partial charge in [0.1, 0.15) is 6.04 Å². The van der Waals surface area contributed by atoms with Crippen molar-refractivity contribution >= 4 is 29.9 Å². The molecule has 5 nitrogen and oxygen atoms in total. The first kappa shape index (κ1) is 20.2. The Bertz CT molecular complexity index is 669. The third-order valence-corrected chi connectivity index (χ3v) is 6.82. The van der Waals surface area contributed by atoms with Crippen LogP contribution in [0, 0.1) is 17.8 Å². The van der Waals surface area contributed by atoms with E-state index in [1.807, 2.05) is 37.4 Å². The van der Waals surface area contributed by atoms with Crippen LogP contribution in [-0.4, -0.2) is 42.4 Å². The van der Waals surface area contributed by atoms with E-state index in [0.717, 1.165) is 31.4 Å². The predicted molar refractivity (Wildman–Crippen MR) is 109 cm³/mol. The van der Waals surface area contributed by atoms with Gasteiger partial charge in [-0.15, -0.1) is 12.4 Å². The van der Waals surface area contributed by atoms with Gasteiger partial charge in [0, 0.05) is 31.2 Å². The van der Waals surface area contributed by atoms with Crippen molar-refractivity contribution in [3.05, 3.63) is 30.3 Å². The Balaban J connectivity index is 0.00000210. The van der Waals surface area contributed by atoms with Gasteiger partial charge in [-0.1, -0.05) is 24.6 Å². The molecule has 2 saturated carbocycles. The summed E-state index contributed by atoms with van der Waals surface area (Å²) in [4.78, 5) is 29.6. The SMILES string of the molecule is CN(C(=O)C1CC2CCCC(C1)C2N)C1CCN(c2ccccc2)C1=O.Cl. The third kappa shape index (κ3) is 3.72. The summed E-state index contributed by atoms with van der Waals surface area (Å²) in [5, 5.41) is 0. The lowest BCUT2D eigenvalue weighted by Crippen LogP contribution is -2.51. The monoisotopic (exact) mass is 391 g/mol. The zero-order chi connectivity index (χ0) is 18.3. The van der Waals surface area contributed by atoms with Crippen LogP contribution in [0.4, 0.5) is 5.69 Å². The van der Waals surface area contributed by atoms with Gasteiger partial charge in [0.25, 0.3) is 0 Å². The Hall–Kier alpha value is -1.59. The Labute approximate surface area is 167 Å². The molecule has 1 saturated heterocycles. The number of likely N-dealkylation sites (N-methyl/N-ethyl adjacent to an activating group) is 1. The molecule has 1 aromatic carbocycles. The first-order valence-electron chi connectivity index (χ1n) is 9.95. The summed E-state index contributed by atoms with van der Waals surface area (Å²) in [5.41, 5.74) is 7.28. The molecule has 3 fully saturated rings. The average molecular weight is 392 g/mol.